The van der Waals surface area contributed by atoms with Crippen LogP contribution in [-0.2, 0) is 19.2 Å². The Morgan fingerprint density at radius 2 is 1.66 bits per heavy atom. The van der Waals surface area contributed by atoms with Crippen LogP contribution in [0.3, 0.4) is 0 Å². The van der Waals surface area contributed by atoms with Crippen LogP contribution in [0, 0.1) is 31.6 Å². The number of aryl methyl sites for hydroxylation is 1. The summed E-state index contributed by atoms with van der Waals surface area (Å²) in [6.45, 7) is 3.82. The maximum atomic E-state index is 12.9. The smallest absolute Gasteiger partial charge is 0.316 e. The highest BCUT2D eigenvalue weighted by atomic mass is 35.5. The van der Waals surface area contributed by atoms with Gasteiger partial charge >= 0.3 is 5.97 Å². The number of rotatable bonds is 4. The third-order valence-electron chi connectivity index (χ3n) is 7.12. The first-order chi connectivity index (χ1) is 16.8. The summed E-state index contributed by atoms with van der Waals surface area (Å²) in [5, 5.41) is 0.558. The molecule has 5 rings (SSSR count). The van der Waals surface area contributed by atoms with E-state index in [1.165, 1.54) is 4.90 Å². The highest BCUT2D eigenvalue weighted by Gasteiger charge is 2.48. The van der Waals surface area contributed by atoms with Gasteiger partial charge in [-0.25, -0.2) is 4.90 Å². The molecule has 0 spiro atoms. The fourth-order valence-corrected chi connectivity index (χ4v) is 5.34. The first kappa shape index (κ1) is 23.3. The Bertz CT molecular complexity index is 1260. The predicted molar refractivity (Wildman–Crippen MR) is 131 cm³/mol. The molecule has 3 aliphatic rings. The molecule has 8 heteroatoms. The largest absolute Gasteiger partial charge is 0.426 e. The van der Waals surface area contributed by atoms with E-state index in [4.69, 9.17) is 16.3 Å². The summed E-state index contributed by atoms with van der Waals surface area (Å²) in [4.78, 5) is 54.1. The second kappa shape index (κ2) is 8.96. The monoisotopic (exact) mass is 492 g/mol. The zero-order chi connectivity index (χ0) is 24.9. The lowest BCUT2D eigenvalue weighted by molar-refractivity contribution is -0.139. The molecule has 3 atom stereocenters. The zero-order valence-electron chi connectivity index (χ0n) is 19.5. The van der Waals surface area contributed by atoms with Gasteiger partial charge in [-0.2, -0.15) is 0 Å². The molecule has 0 radical (unpaired) electrons. The van der Waals surface area contributed by atoms with Gasteiger partial charge in [0.25, 0.3) is 0 Å². The SMILES string of the molecule is Cc1cc(OC(=O)[C@@H]2CC(=O)N(c3cccc(Cl)c3C)C2)ccc1N1C(=O)[C@H]2CC=CC[C@H]2C1=O. The molecule has 2 aromatic rings. The van der Waals surface area contributed by atoms with E-state index < -0.39 is 11.9 Å². The Morgan fingerprint density at radius 3 is 2.31 bits per heavy atom. The Morgan fingerprint density at radius 1 is 0.971 bits per heavy atom. The van der Waals surface area contributed by atoms with Crippen molar-refractivity contribution in [3.63, 3.8) is 0 Å². The van der Waals surface area contributed by atoms with Crippen molar-refractivity contribution in [2.24, 2.45) is 17.8 Å². The van der Waals surface area contributed by atoms with Crippen molar-refractivity contribution in [1.29, 1.82) is 0 Å². The molecule has 2 fully saturated rings. The molecular formula is C27H25ClN2O5. The van der Waals surface area contributed by atoms with Crippen LogP contribution in [0.5, 0.6) is 5.75 Å². The van der Waals surface area contributed by atoms with Gasteiger partial charge in [-0.05, 0) is 68.1 Å². The molecule has 7 nitrogen and oxygen atoms in total. The number of amides is 3. The van der Waals surface area contributed by atoms with E-state index in [1.807, 2.05) is 25.1 Å². The number of ether oxygens (including phenoxy) is 1. The first-order valence-corrected chi connectivity index (χ1v) is 12.0. The average Bonchev–Trinajstić information content (AvgIpc) is 3.34. The number of allylic oxidation sites excluding steroid dienone is 2. The van der Waals surface area contributed by atoms with Crippen LogP contribution in [0.25, 0.3) is 0 Å². The lowest BCUT2D eigenvalue weighted by atomic mass is 9.85. The van der Waals surface area contributed by atoms with E-state index in [9.17, 15) is 19.2 Å². The Kier molecular flexibility index (Phi) is 5.97. The number of halogens is 1. The Labute approximate surface area is 208 Å². The highest BCUT2D eigenvalue weighted by molar-refractivity contribution is 6.31. The predicted octanol–water partition coefficient (Wildman–Crippen LogP) is 4.37. The number of nitrogens with zero attached hydrogens (tertiary/aromatic N) is 2. The third-order valence-corrected chi connectivity index (χ3v) is 7.53. The molecule has 2 saturated heterocycles. The zero-order valence-corrected chi connectivity index (χ0v) is 20.2. The summed E-state index contributed by atoms with van der Waals surface area (Å²) in [6.07, 6.45) is 5.11. The minimum Gasteiger partial charge on any atom is -0.426 e. The Balaban J connectivity index is 1.29. The van der Waals surface area contributed by atoms with Crippen molar-refractivity contribution in [3.05, 3.63) is 64.7 Å². The van der Waals surface area contributed by atoms with Crippen LogP contribution in [0.2, 0.25) is 5.02 Å². The summed E-state index contributed by atoms with van der Waals surface area (Å²) >= 11 is 6.20. The van der Waals surface area contributed by atoms with Crippen LogP contribution in [0.15, 0.2) is 48.6 Å². The van der Waals surface area contributed by atoms with Crippen LogP contribution in [-0.4, -0.2) is 30.2 Å². The van der Waals surface area contributed by atoms with Gasteiger partial charge in [0, 0.05) is 23.7 Å². The normalized spacial score (nSPS) is 23.7. The summed E-state index contributed by atoms with van der Waals surface area (Å²) in [5.41, 5.74) is 2.63. The molecule has 35 heavy (non-hydrogen) atoms. The quantitative estimate of drug-likeness (QED) is 0.274. The van der Waals surface area contributed by atoms with Crippen LogP contribution in [0.1, 0.15) is 30.4 Å². The molecular weight excluding hydrogens is 468 g/mol. The van der Waals surface area contributed by atoms with E-state index >= 15 is 0 Å². The molecule has 0 bridgehead atoms. The second-order valence-electron chi connectivity index (χ2n) is 9.33. The number of carbonyl (C=O) groups excluding carboxylic acids is 4. The van der Waals surface area contributed by atoms with E-state index in [2.05, 4.69) is 0 Å². The van der Waals surface area contributed by atoms with Crippen molar-refractivity contribution in [3.8, 4) is 5.75 Å². The van der Waals surface area contributed by atoms with Gasteiger partial charge in [0.1, 0.15) is 5.75 Å². The van der Waals surface area contributed by atoms with Gasteiger partial charge in [-0.1, -0.05) is 29.8 Å². The molecule has 180 valence electrons. The topological polar surface area (TPSA) is 84.0 Å². The number of benzene rings is 2. The third kappa shape index (κ3) is 4.04. The molecule has 0 aromatic heterocycles. The lowest BCUT2D eigenvalue weighted by Crippen LogP contribution is -2.31. The molecule has 0 N–H and O–H groups in total. The van der Waals surface area contributed by atoms with Crippen molar-refractivity contribution >= 4 is 46.7 Å². The average molecular weight is 493 g/mol. The molecule has 2 aromatic carbocycles. The highest BCUT2D eigenvalue weighted by Crippen LogP contribution is 2.39. The number of esters is 1. The van der Waals surface area contributed by atoms with Crippen LogP contribution >= 0.6 is 11.6 Å². The summed E-state index contributed by atoms with van der Waals surface area (Å²) in [5.74, 6) is -1.96. The van der Waals surface area contributed by atoms with E-state index in [0.717, 1.165) is 5.56 Å². The standard InChI is InChI=1S/C27H25ClN2O5/c1-15-12-18(10-11-22(15)30-25(32)19-6-3-4-7-20(19)26(30)33)35-27(34)17-13-24(31)29(14-17)23-9-5-8-21(28)16(23)2/h3-5,8-12,17,19-20H,6-7,13-14H2,1-2H3/t17-,19-,20+/m1/s1. The fourth-order valence-electron chi connectivity index (χ4n) is 5.17. The van der Waals surface area contributed by atoms with Crippen molar-refractivity contribution < 1.29 is 23.9 Å². The van der Waals surface area contributed by atoms with Gasteiger partial charge < -0.3 is 9.64 Å². The van der Waals surface area contributed by atoms with Gasteiger partial charge in [-0.15, -0.1) is 0 Å². The van der Waals surface area contributed by atoms with Crippen molar-refractivity contribution in [1.82, 2.24) is 0 Å². The fraction of sp³-hybridized carbons (Fsp3) is 0.333. The molecule has 2 aliphatic heterocycles. The maximum absolute atomic E-state index is 12.9. The van der Waals surface area contributed by atoms with E-state index in [-0.39, 0.29) is 42.5 Å². The minimum absolute atomic E-state index is 0.0510. The lowest BCUT2D eigenvalue weighted by Gasteiger charge is -2.20. The number of hydrogen-bond acceptors (Lipinski definition) is 5. The number of anilines is 2. The van der Waals surface area contributed by atoms with Crippen LogP contribution < -0.4 is 14.5 Å². The molecule has 3 amide bonds. The van der Waals surface area contributed by atoms with Gasteiger partial charge in [0.2, 0.25) is 17.7 Å². The molecule has 2 heterocycles. The number of imide groups is 1. The van der Waals surface area contributed by atoms with Crippen molar-refractivity contribution in [2.45, 2.75) is 33.1 Å². The van der Waals surface area contributed by atoms with Gasteiger partial charge in [0.15, 0.2) is 0 Å². The van der Waals surface area contributed by atoms with E-state index in [0.29, 0.717) is 40.6 Å². The Hall–Kier alpha value is -3.45. The van der Waals surface area contributed by atoms with Crippen molar-refractivity contribution in [2.75, 3.05) is 16.3 Å². The minimum atomic E-state index is -0.613. The number of hydrogen-bond donors (Lipinski definition) is 0. The van der Waals surface area contributed by atoms with Gasteiger partial charge in [-0.3, -0.25) is 19.2 Å². The maximum Gasteiger partial charge on any atom is 0.316 e. The number of fused-ring (bicyclic) bond motifs is 1. The summed E-state index contributed by atoms with van der Waals surface area (Å²) in [6, 6.07) is 10.2. The van der Waals surface area contributed by atoms with E-state index in [1.54, 1.807) is 42.2 Å². The summed E-state index contributed by atoms with van der Waals surface area (Å²) < 4.78 is 5.59. The molecule has 0 saturated carbocycles. The summed E-state index contributed by atoms with van der Waals surface area (Å²) in [7, 11) is 0. The van der Waals surface area contributed by atoms with Crippen LogP contribution in [0.4, 0.5) is 11.4 Å². The first-order valence-electron chi connectivity index (χ1n) is 11.7. The second-order valence-corrected chi connectivity index (χ2v) is 9.73. The van der Waals surface area contributed by atoms with Gasteiger partial charge in [0.05, 0.1) is 23.4 Å². The molecule has 0 unspecified atom stereocenters. The molecule has 1 aliphatic carbocycles. The number of carbonyl (C=O) groups is 4.